The van der Waals surface area contributed by atoms with Crippen LogP contribution in [0.1, 0.15) is 16.8 Å². The highest BCUT2D eigenvalue weighted by molar-refractivity contribution is 7.89. The molecular weight excluding hydrogens is 291 g/mol. The predicted molar refractivity (Wildman–Crippen MR) is 67.2 cm³/mol. The van der Waals surface area contributed by atoms with Gasteiger partial charge in [-0.15, -0.1) is 0 Å². The van der Waals surface area contributed by atoms with Crippen molar-refractivity contribution < 1.29 is 27.5 Å². The Morgan fingerprint density at radius 3 is 2.55 bits per heavy atom. The number of sulfonamides is 1. The number of primary sulfonamides is 1. The van der Waals surface area contributed by atoms with Gasteiger partial charge in [-0.05, 0) is 18.2 Å². The number of nitrogens with two attached hydrogens (primary N) is 1. The minimum absolute atomic E-state index is 0.101. The van der Waals surface area contributed by atoms with Gasteiger partial charge in [-0.25, -0.2) is 22.7 Å². The number of carbonyl (C=O) groups excluding carboxylic acids is 1. The zero-order valence-corrected chi connectivity index (χ0v) is 10.9. The average Bonchev–Trinajstić information content (AvgIpc) is 2.70. The lowest BCUT2D eigenvalue weighted by Gasteiger charge is -2.16. The summed E-state index contributed by atoms with van der Waals surface area (Å²) in [7, 11) is -3.86. The second kappa shape index (κ2) is 4.84. The van der Waals surface area contributed by atoms with Crippen molar-refractivity contribution in [3.8, 4) is 0 Å². The van der Waals surface area contributed by atoms with E-state index in [4.69, 9.17) is 10.2 Å². The lowest BCUT2D eigenvalue weighted by Crippen LogP contribution is -2.32. The summed E-state index contributed by atoms with van der Waals surface area (Å²) in [4.78, 5) is 23.5. The fourth-order valence-corrected chi connectivity index (χ4v) is 2.72. The fraction of sp³-hybridized carbons (Fsp3) is 0.273. The van der Waals surface area contributed by atoms with Gasteiger partial charge in [-0.2, -0.15) is 0 Å². The van der Waals surface area contributed by atoms with E-state index in [2.05, 4.69) is 0 Å². The maximum Gasteiger partial charge on any atom is 0.338 e. The first-order valence-corrected chi connectivity index (χ1v) is 7.16. The first kappa shape index (κ1) is 14.4. The second-order valence-corrected chi connectivity index (χ2v) is 6.23. The van der Waals surface area contributed by atoms with Gasteiger partial charge in [0, 0.05) is 18.7 Å². The molecule has 108 valence electrons. The van der Waals surface area contributed by atoms with Crippen molar-refractivity contribution in [1.82, 2.24) is 0 Å². The SMILES string of the molecule is NS(=O)(=O)C1CC(=O)N(c2ccc(C(=O)O)c(F)c2)C1. The van der Waals surface area contributed by atoms with Crippen LogP contribution in [0.3, 0.4) is 0 Å². The molecule has 1 unspecified atom stereocenters. The van der Waals surface area contributed by atoms with Crippen LogP contribution in [-0.4, -0.2) is 37.2 Å². The van der Waals surface area contributed by atoms with Gasteiger partial charge in [0.2, 0.25) is 15.9 Å². The summed E-state index contributed by atoms with van der Waals surface area (Å²) in [6, 6.07) is 3.15. The van der Waals surface area contributed by atoms with Crippen LogP contribution < -0.4 is 10.0 Å². The van der Waals surface area contributed by atoms with Crippen LogP contribution in [-0.2, 0) is 14.8 Å². The molecule has 0 aromatic heterocycles. The lowest BCUT2D eigenvalue weighted by molar-refractivity contribution is -0.117. The van der Waals surface area contributed by atoms with E-state index in [-0.39, 0.29) is 18.7 Å². The molecule has 0 spiro atoms. The van der Waals surface area contributed by atoms with Crippen molar-refractivity contribution in [2.24, 2.45) is 5.14 Å². The first-order chi connectivity index (χ1) is 9.20. The van der Waals surface area contributed by atoms with E-state index in [0.29, 0.717) is 0 Å². The molecule has 0 radical (unpaired) electrons. The third-order valence-electron chi connectivity index (χ3n) is 3.05. The molecule has 0 aliphatic carbocycles. The molecule has 20 heavy (non-hydrogen) atoms. The molecule has 1 amide bonds. The van der Waals surface area contributed by atoms with Crippen molar-refractivity contribution in [1.29, 1.82) is 0 Å². The van der Waals surface area contributed by atoms with Crippen molar-refractivity contribution in [3.05, 3.63) is 29.6 Å². The number of nitrogens with zero attached hydrogens (tertiary/aromatic N) is 1. The van der Waals surface area contributed by atoms with Crippen molar-refractivity contribution >= 4 is 27.6 Å². The van der Waals surface area contributed by atoms with Crippen LogP contribution in [0.2, 0.25) is 0 Å². The third kappa shape index (κ3) is 2.63. The number of hydrogen-bond acceptors (Lipinski definition) is 4. The molecule has 1 aromatic carbocycles. The summed E-state index contributed by atoms with van der Waals surface area (Å²) >= 11 is 0. The van der Waals surface area contributed by atoms with Crippen LogP contribution in [0.5, 0.6) is 0 Å². The molecule has 1 aliphatic heterocycles. The van der Waals surface area contributed by atoms with E-state index in [1.807, 2.05) is 0 Å². The Hall–Kier alpha value is -2.00. The largest absolute Gasteiger partial charge is 0.478 e. The first-order valence-electron chi connectivity index (χ1n) is 5.55. The van der Waals surface area contributed by atoms with E-state index in [1.54, 1.807) is 0 Å². The monoisotopic (exact) mass is 302 g/mol. The molecule has 1 aliphatic rings. The molecule has 1 aromatic rings. The zero-order chi connectivity index (χ0) is 15.1. The minimum atomic E-state index is -3.86. The Kier molecular flexibility index (Phi) is 3.48. The molecule has 1 heterocycles. The highest BCUT2D eigenvalue weighted by atomic mass is 32.2. The lowest BCUT2D eigenvalue weighted by atomic mass is 10.2. The van der Waals surface area contributed by atoms with Crippen LogP contribution in [0, 0.1) is 5.82 Å². The predicted octanol–water partition coefficient (Wildman–Crippen LogP) is -0.0823. The smallest absolute Gasteiger partial charge is 0.338 e. The number of carbonyl (C=O) groups is 2. The summed E-state index contributed by atoms with van der Waals surface area (Å²) in [5.74, 6) is -2.93. The van der Waals surface area contributed by atoms with Crippen LogP contribution in [0.25, 0.3) is 0 Å². The van der Waals surface area contributed by atoms with Crippen molar-refractivity contribution in [2.75, 3.05) is 11.4 Å². The van der Waals surface area contributed by atoms with Crippen molar-refractivity contribution in [2.45, 2.75) is 11.7 Å². The van der Waals surface area contributed by atoms with E-state index >= 15 is 0 Å². The van der Waals surface area contributed by atoms with Gasteiger partial charge in [0.15, 0.2) is 0 Å². The highest BCUT2D eigenvalue weighted by Crippen LogP contribution is 2.25. The molecule has 1 saturated heterocycles. The Morgan fingerprint density at radius 1 is 1.45 bits per heavy atom. The van der Waals surface area contributed by atoms with Crippen LogP contribution in [0.15, 0.2) is 18.2 Å². The van der Waals surface area contributed by atoms with E-state index in [0.717, 1.165) is 17.0 Å². The Labute approximate surface area is 113 Å². The molecule has 1 atom stereocenters. The fourth-order valence-electron chi connectivity index (χ4n) is 1.99. The van der Waals surface area contributed by atoms with E-state index in [1.165, 1.54) is 6.07 Å². The molecule has 9 heteroatoms. The third-order valence-corrected chi connectivity index (χ3v) is 4.29. The molecule has 0 bridgehead atoms. The number of carboxylic acid groups (broad SMARTS) is 1. The number of anilines is 1. The second-order valence-electron chi connectivity index (χ2n) is 4.39. The van der Waals surface area contributed by atoms with Crippen LogP contribution in [0.4, 0.5) is 10.1 Å². The van der Waals surface area contributed by atoms with E-state index in [9.17, 15) is 22.4 Å². The summed E-state index contributed by atoms with van der Waals surface area (Å²) in [6.07, 6.45) is -0.277. The summed E-state index contributed by atoms with van der Waals surface area (Å²) in [5.41, 5.74) is -0.424. The molecular formula is C11H11FN2O5S. The Bertz CT molecular complexity index is 688. The number of rotatable bonds is 3. The van der Waals surface area contributed by atoms with Gasteiger partial charge >= 0.3 is 5.97 Å². The van der Waals surface area contributed by atoms with E-state index < -0.39 is 38.5 Å². The van der Waals surface area contributed by atoms with Gasteiger partial charge in [0.1, 0.15) is 11.1 Å². The zero-order valence-electron chi connectivity index (χ0n) is 10.1. The summed E-state index contributed by atoms with van der Waals surface area (Å²) < 4.78 is 36.0. The quantitative estimate of drug-likeness (QED) is 0.809. The summed E-state index contributed by atoms with van der Waals surface area (Å²) in [6.45, 7) is -0.177. The molecule has 2 rings (SSSR count). The Balaban J connectivity index is 2.31. The average molecular weight is 302 g/mol. The molecule has 3 N–H and O–H groups in total. The standard InChI is InChI=1S/C11H11FN2O5S/c12-9-3-6(1-2-8(9)11(16)17)14-5-7(4-10(14)15)20(13,18)19/h1-3,7H,4-5H2,(H,16,17)(H2,13,18,19). The molecule has 1 fully saturated rings. The molecule has 0 saturated carbocycles. The van der Waals surface area contributed by atoms with Crippen molar-refractivity contribution in [3.63, 3.8) is 0 Å². The summed E-state index contributed by atoms with van der Waals surface area (Å²) in [5, 5.41) is 12.6. The topological polar surface area (TPSA) is 118 Å². The number of hydrogen-bond donors (Lipinski definition) is 2. The van der Waals surface area contributed by atoms with Gasteiger partial charge < -0.3 is 10.0 Å². The molecule has 7 nitrogen and oxygen atoms in total. The number of amides is 1. The maximum atomic E-state index is 13.6. The van der Waals surface area contributed by atoms with Gasteiger partial charge in [0.25, 0.3) is 0 Å². The minimum Gasteiger partial charge on any atom is -0.478 e. The van der Waals surface area contributed by atoms with Gasteiger partial charge in [-0.1, -0.05) is 0 Å². The maximum absolute atomic E-state index is 13.6. The normalized spacial score (nSPS) is 19.4. The number of carboxylic acids is 1. The van der Waals surface area contributed by atoms with Crippen LogP contribution >= 0.6 is 0 Å². The van der Waals surface area contributed by atoms with Gasteiger partial charge in [-0.3, -0.25) is 4.79 Å². The number of aromatic carboxylic acids is 1. The number of halogens is 1. The number of benzene rings is 1. The Morgan fingerprint density at radius 2 is 2.10 bits per heavy atom. The highest BCUT2D eigenvalue weighted by Gasteiger charge is 2.37. The van der Waals surface area contributed by atoms with Gasteiger partial charge in [0.05, 0.1) is 5.56 Å².